The molecule has 6 heteroatoms. The van der Waals surface area contributed by atoms with Gasteiger partial charge < -0.3 is 18.3 Å². The molecule has 82 heavy (non-hydrogen) atoms. The van der Waals surface area contributed by atoms with E-state index in [4.69, 9.17) is 0 Å². The minimum atomic E-state index is -0.937. The standard InChI is InChI=1S/C76H60F2N4/c1-45-25-37-61-57(41-45)58-42-46(2)26-38-62(58)79(61)73-69(49-29-33-51(77)34-30-49)71(75(5,6)81-65-21-13-9-17-53(65)54-18-10-14-22-66(54)81)74(80-63-39-27-47(3)43-59(63)60-44-48(4)28-40-64(60)80)72(70(73)50-31-35-52(78)36-32-50)76(7,8)82-67-23-15-11-19-55(67)56-20-12-16-24-68(56)82/h9-44H,1-8H3. The minimum absolute atomic E-state index is 0.326. The quantitative estimate of drug-likeness (QED) is 0.145. The molecule has 0 radical (unpaired) electrons. The number of hydrogen-bond acceptors (Lipinski definition) is 0. The zero-order chi connectivity index (χ0) is 56.1. The number of hydrogen-bond donors (Lipinski definition) is 0. The number of halogens is 2. The first-order valence-corrected chi connectivity index (χ1v) is 28.5. The van der Waals surface area contributed by atoms with Crippen LogP contribution in [0.15, 0.2) is 218 Å². The zero-order valence-corrected chi connectivity index (χ0v) is 47.3. The highest BCUT2D eigenvalue weighted by Crippen LogP contribution is 2.57. The summed E-state index contributed by atoms with van der Waals surface area (Å²) in [6.07, 6.45) is 0. The summed E-state index contributed by atoms with van der Waals surface area (Å²) in [5.74, 6) is -0.653. The highest BCUT2D eigenvalue weighted by molar-refractivity contribution is 6.15. The Balaban J connectivity index is 1.31. The Morgan fingerprint density at radius 3 is 0.841 bits per heavy atom. The third-order valence-electron chi connectivity index (χ3n) is 17.8. The first kappa shape index (κ1) is 49.5. The topological polar surface area (TPSA) is 19.7 Å². The highest BCUT2D eigenvalue weighted by atomic mass is 19.1. The molecule has 0 spiro atoms. The fourth-order valence-electron chi connectivity index (χ4n) is 14.4. The predicted molar refractivity (Wildman–Crippen MR) is 341 cm³/mol. The normalized spacial score (nSPS) is 12.5. The molecule has 0 bridgehead atoms. The summed E-state index contributed by atoms with van der Waals surface area (Å²) < 4.78 is 42.3. The van der Waals surface area contributed by atoms with Crippen LogP contribution in [0.5, 0.6) is 0 Å². The fourth-order valence-corrected chi connectivity index (χ4v) is 14.4. The largest absolute Gasteiger partial charge is 0.331 e. The second-order valence-electron chi connectivity index (χ2n) is 23.8. The van der Waals surface area contributed by atoms with Gasteiger partial charge in [-0.05, 0) is 164 Å². The Hall–Kier alpha value is -9.52. The average Bonchev–Trinajstić information content (AvgIpc) is 1.43. The second kappa shape index (κ2) is 18.0. The van der Waals surface area contributed by atoms with E-state index in [0.717, 1.165) is 154 Å². The minimum Gasteiger partial charge on any atom is -0.331 e. The van der Waals surface area contributed by atoms with E-state index in [-0.39, 0.29) is 11.6 Å². The molecule has 0 aliphatic heterocycles. The van der Waals surface area contributed by atoms with Crippen LogP contribution in [-0.4, -0.2) is 18.3 Å². The molecule has 0 saturated carbocycles. The van der Waals surface area contributed by atoms with E-state index < -0.39 is 11.1 Å². The van der Waals surface area contributed by atoms with Crippen molar-refractivity contribution >= 4 is 87.2 Å². The van der Waals surface area contributed by atoms with E-state index in [1.54, 1.807) is 24.3 Å². The van der Waals surface area contributed by atoms with Gasteiger partial charge in [0.05, 0.1) is 44.5 Å². The maximum absolute atomic E-state index is 16.1. The summed E-state index contributed by atoms with van der Waals surface area (Å²) in [5, 5.41) is 9.14. The van der Waals surface area contributed by atoms with Crippen LogP contribution in [0.2, 0.25) is 0 Å². The monoisotopic (exact) mass is 1070 g/mol. The summed E-state index contributed by atoms with van der Waals surface area (Å²) in [4.78, 5) is 0. The molecule has 0 aliphatic carbocycles. The van der Waals surface area contributed by atoms with E-state index in [2.05, 4.69) is 244 Å². The lowest BCUT2D eigenvalue weighted by Gasteiger charge is -2.42. The Kier molecular flexibility index (Phi) is 10.9. The molecular weight excluding hydrogens is 1010 g/mol. The van der Waals surface area contributed by atoms with Gasteiger partial charge in [0.25, 0.3) is 0 Å². The Bertz CT molecular complexity index is 4730. The molecule has 4 nitrogen and oxygen atoms in total. The van der Waals surface area contributed by atoms with Crippen LogP contribution < -0.4 is 0 Å². The van der Waals surface area contributed by atoms with Crippen molar-refractivity contribution in [2.45, 2.75) is 66.5 Å². The van der Waals surface area contributed by atoms with Gasteiger partial charge in [-0.1, -0.05) is 144 Å². The first-order valence-electron chi connectivity index (χ1n) is 28.5. The molecule has 15 aromatic rings. The predicted octanol–water partition coefficient (Wildman–Crippen LogP) is 20.5. The third kappa shape index (κ3) is 7.13. The maximum Gasteiger partial charge on any atom is 0.123 e. The lowest BCUT2D eigenvalue weighted by atomic mass is 9.74. The van der Waals surface area contributed by atoms with Gasteiger partial charge in [0.15, 0.2) is 0 Å². The van der Waals surface area contributed by atoms with Gasteiger partial charge in [-0.3, -0.25) is 0 Å². The number of rotatable bonds is 8. The third-order valence-corrected chi connectivity index (χ3v) is 17.8. The van der Waals surface area contributed by atoms with Crippen LogP contribution in [0.3, 0.4) is 0 Å². The lowest BCUT2D eigenvalue weighted by molar-refractivity contribution is 0.448. The van der Waals surface area contributed by atoms with E-state index in [9.17, 15) is 0 Å². The molecule has 0 fully saturated rings. The molecule has 15 rings (SSSR count). The van der Waals surface area contributed by atoms with Gasteiger partial charge in [-0.15, -0.1) is 0 Å². The van der Waals surface area contributed by atoms with E-state index in [1.807, 2.05) is 24.3 Å². The van der Waals surface area contributed by atoms with Crippen molar-refractivity contribution in [1.82, 2.24) is 18.3 Å². The summed E-state index contributed by atoms with van der Waals surface area (Å²) in [6.45, 7) is 18.2. The van der Waals surface area contributed by atoms with Gasteiger partial charge in [-0.25, -0.2) is 8.78 Å². The van der Waals surface area contributed by atoms with Crippen LogP contribution in [0.4, 0.5) is 8.78 Å². The number of aromatic nitrogens is 4. The molecule has 0 amide bonds. The van der Waals surface area contributed by atoms with Gasteiger partial charge in [-0.2, -0.15) is 0 Å². The smallest absolute Gasteiger partial charge is 0.123 e. The second-order valence-corrected chi connectivity index (χ2v) is 23.8. The number of benzene rings is 11. The SMILES string of the molecule is Cc1ccc2c(c1)c1cc(C)ccc1n2-c1c(-c2ccc(F)cc2)c(C(C)(C)n2c3ccccc3c3ccccc32)c(-n2c3ccc(C)cc3c3cc(C)ccc32)c(C(C)(C)n2c3ccccc3c3ccccc32)c1-c1ccc(F)cc1. The van der Waals surface area contributed by atoms with Crippen LogP contribution in [0.1, 0.15) is 61.1 Å². The summed E-state index contributed by atoms with van der Waals surface area (Å²) in [6, 6.07) is 76.8. The zero-order valence-electron chi connectivity index (χ0n) is 47.3. The van der Waals surface area contributed by atoms with E-state index in [1.165, 1.54) is 0 Å². The lowest BCUT2D eigenvalue weighted by Crippen LogP contribution is -2.36. The molecule has 4 aromatic heterocycles. The van der Waals surface area contributed by atoms with Gasteiger partial charge in [0.2, 0.25) is 0 Å². The van der Waals surface area contributed by atoms with Gasteiger partial charge >= 0.3 is 0 Å². The molecule has 0 atom stereocenters. The number of nitrogens with zero attached hydrogens (tertiary/aromatic N) is 4. The average molecular weight is 1070 g/mol. The summed E-state index contributed by atoms with van der Waals surface area (Å²) in [5.41, 5.74) is 18.8. The summed E-state index contributed by atoms with van der Waals surface area (Å²) in [7, 11) is 0. The summed E-state index contributed by atoms with van der Waals surface area (Å²) >= 11 is 0. The Labute approximate surface area is 475 Å². The van der Waals surface area contributed by atoms with Crippen molar-refractivity contribution in [2.24, 2.45) is 0 Å². The van der Waals surface area contributed by atoms with Gasteiger partial charge in [0, 0.05) is 87.4 Å². The van der Waals surface area contributed by atoms with Crippen LogP contribution in [0, 0.1) is 39.3 Å². The van der Waals surface area contributed by atoms with E-state index >= 15 is 8.78 Å². The Morgan fingerprint density at radius 2 is 0.549 bits per heavy atom. The van der Waals surface area contributed by atoms with Crippen LogP contribution in [-0.2, 0) is 11.1 Å². The maximum atomic E-state index is 16.1. The molecule has 0 saturated heterocycles. The first-order chi connectivity index (χ1) is 39.7. The molecule has 0 N–H and O–H groups in total. The van der Waals surface area contributed by atoms with Crippen molar-refractivity contribution in [3.8, 4) is 33.6 Å². The number of aryl methyl sites for hydroxylation is 4. The molecule has 4 heterocycles. The van der Waals surface area contributed by atoms with Crippen LogP contribution in [0.25, 0.3) is 121 Å². The van der Waals surface area contributed by atoms with Crippen LogP contribution >= 0.6 is 0 Å². The van der Waals surface area contributed by atoms with E-state index in [0.29, 0.717) is 0 Å². The molecule has 11 aromatic carbocycles. The van der Waals surface area contributed by atoms with Crippen molar-refractivity contribution in [3.05, 3.63) is 263 Å². The Morgan fingerprint density at radius 1 is 0.280 bits per heavy atom. The highest BCUT2D eigenvalue weighted by Gasteiger charge is 2.44. The van der Waals surface area contributed by atoms with Crippen molar-refractivity contribution in [1.29, 1.82) is 0 Å². The van der Waals surface area contributed by atoms with Gasteiger partial charge in [0.1, 0.15) is 11.6 Å². The molecule has 0 aliphatic rings. The number of para-hydroxylation sites is 4. The van der Waals surface area contributed by atoms with Crippen molar-refractivity contribution in [3.63, 3.8) is 0 Å². The molecule has 0 unspecified atom stereocenters. The van der Waals surface area contributed by atoms with Crippen molar-refractivity contribution < 1.29 is 8.78 Å². The number of fused-ring (bicyclic) bond motifs is 12. The van der Waals surface area contributed by atoms with Crippen molar-refractivity contribution in [2.75, 3.05) is 0 Å². The molecular formula is C76H60F2N4. The molecule has 398 valence electrons. The fraction of sp³-hybridized carbons (Fsp3) is 0.132.